The van der Waals surface area contributed by atoms with Crippen LogP contribution in [0.15, 0.2) is 40.7 Å². The molecule has 0 saturated carbocycles. The number of hydrogen-bond acceptors (Lipinski definition) is 6. The molecule has 2 atom stereocenters. The number of likely N-dealkylation sites (tertiary alicyclic amines) is 1. The summed E-state index contributed by atoms with van der Waals surface area (Å²) in [6, 6.07) is 9.06. The van der Waals surface area contributed by atoms with E-state index in [-0.39, 0.29) is 17.0 Å². The molecular formula is C25H28ClFN2O3S2. The maximum atomic E-state index is 13.1. The maximum Gasteiger partial charge on any atom is 0.308 e. The molecule has 9 heteroatoms. The Morgan fingerprint density at radius 3 is 2.97 bits per heavy atom. The summed E-state index contributed by atoms with van der Waals surface area (Å²) in [5, 5.41) is 11.3. The molecule has 1 N–H and O–H groups in total. The summed E-state index contributed by atoms with van der Waals surface area (Å²) in [5.74, 6) is 0.642. The number of thioether (sulfide) groups is 1. The van der Waals surface area contributed by atoms with Gasteiger partial charge in [0.25, 0.3) is 0 Å². The van der Waals surface area contributed by atoms with Gasteiger partial charge in [0.15, 0.2) is 5.13 Å². The molecule has 1 aliphatic heterocycles. The monoisotopic (exact) mass is 522 g/mol. The second-order valence-electron chi connectivity index (χ2n) is 8.56. The third kappa shape index (κ3) is 6.22. The van der Waals surface area contributed by atoms with Crippen molar-refractivity contribution in [3.05, 3.63) is 52.2 Å². The maximum absolute atomic E-state index is 13.1. The zero-order valence-electron chi connectivity index (χ0n) is 19.0. The molecule has 1 fully saturated rings. The molecule has 2 unspecified atom stereocenters. The van der Waals surface area contributed by atoms with Gasteiger partial charge in [-0.2, -0.15) is 4.39 Å². The highest BCUT2D eigenvalue weighted by molar-refractivity contribution is 8.01. The summed E-state index contributed by atoms with van der Waals surface area (Å²) in [5.41, 5.74) is 1.91. The topological polar surface area (TPSA) is 62.7 Å². The number of aryl methyl sites for hydroxylation is 1. The summed E-state index contributed by atoms with van der Waals surface area (Å²) in [7, 11) is 1.64. The van der Waals surface area contributed by atoms with Crippen LogP contribution in [0.4, 0.5) is 4.39 Å². The van der Waals surface area contributed by atoms with Crippen LogP contribution < -0.4 is 4.74 Å². The number of rotatable bonds is 10. The number of benzene rings is 1. The molecule has 2 aromatic heterocycles. The molecule has 1 saturated heterocycles. The van der Waals surface area contributed by atoms with Crippen molar-refractivity contribution in [1.82, 2.24) is 9.88 Å². The Balaban J connectivity index is 1.32. The molecule has 0 radical (unpaired) electrons. The second kappa shape index (κ2) is 11.7. The highest BCUT2D eigenvalue weighted by Gasteiger charge is 2.33. The zero-order valence-corrected chi connectivity index (χ0v) is 21.4. The standard InChI is InChI=1S/C25H28ClFN2O3S2/c1-32-17-5-6-22-19(13-17)18(21(26)14-28-22)4-2-3-16-9-10-29(15-20(16)25(30)31)11-12-33-24-8-7-23(27)34-24/h5-8,13-14,16,20H,2-4,9-12,15H2,1H3,(H,30,31). The summed E-state index contributed by atoms with van der Waals surface area (Å²) in [4.78, 5) is 18.7. The van der Waals surface area contributed by atoms with Crippen molar-refractivity contribution in [3.63, 3.8) is 0 Å². The number of carbonyl (C=O) groups is 1. The number of pyridine rings is 1. The number of fused-ring (bicyclic) bond motifs is 1. The van der Waals surface area contributed by atoms with Crippen LogP contribution in [0.25, 0.3) is 10.9 Å². The minimum Gasteiger partial charge on any atom is -0.497 e. The number of ether oxygens (including phenoxy) is 1. The SMILES string of the molecule is COc1ccc2ncc(Cl)c(CCCC3CCN(CCSc4ccc(F)s4)CC3C(=O)O)c2c1. The number of aliphatic carboxylic acids is 1. The third-order valence-electron chi connectivity index (χ3n) is 6.49. The first kappa shape index (κ1) is 25.2. The summed E-state index contributed by atoms with van der Waals surface area (Å²) in [6.45, 7) is 2.26. The largest absolute Gasteiger partial charge is 0.497 e. The van der Waals surface area contributed by atoms with Crippen molar-refractivity contribution >= 4 is 51.6 Å². The average Bonchev–Trinajstić information content (AvgIpc) is 3.25. The van der Waals surface area contributed by atoms with Crippen molar-refractivity contribution < 1.29 is 19.0 Å². The number of aromatic nitrogens is 1. The van der Waals surface area contributed by atoms with Crippen LogP contribution in [0.2, 0.25) is 5.02 Å². The Labute approximate surface area is 212 Å². The fourth-order valence-corrected chi connectivity index (χ4v) is 6.82. The first-order chi connectivity index (χ1) is 16.4. The van der Waals surface area contributed by atoms with Crippen LogP contribution in [0, 0.1) is 17.0 Å². The predicted octanol–water partition coefficient (Wildman–Crippen LogP) is 6.24. The Hall–Kier alpha value is -1.87. The van der Waals surface area contributed by atoms with E-state index in [0.29, 0.717) is 11.6 Å². The van der Waals surface area contributed by atoms with Crippen molar-refractivity contribution in [2.45, 2.75) is 29.9 Å². The second-order valence-corrected chi connectivity index (χ2v) is 11.4. The van der Waals surface area contributed by atoms with Crippen LogP contribution in [0.3, 0.4) is 0 Å². The highest BCUT2D eigenvalue weighted by atomic mass is 35.5. The lowest BCUT2D eigenvalue weighted by atomic mass is 9.81. The number of hydrogen-bond donors (Lipinski definition) is 1. The summed E-state index contributed by atoms with van der Waals surface area (Å²) in [6.07, 6.45) is 5.04. The first-order valence-electron chi connectivity index (χ1n) is 11.4. The van der Waals surface area contributed by atoms with Gasteiger partial charge in [-0.3, -0.25) is 9.78 Å². The molecule has 1 aromatic carbocycles. The number of carboxylic acid groups (broad SMARTS) is 1. The number of nitrogens with zero attached hydrogens (tertiary/aromatic N) is 2. The van der Waals surface area contributed by atoms with Crippen LogP contribution >= 0.6 is 34.7 Å². The normalized spacial score (nSPS) is 18.9. The number of carboxylic acids is 1. The van der Waals surface area contributed by atoms with Crippen molar-refractivity contribution in [1.29, 1.82) is 0 Å². The van der Waals surface area contributed by atoms with Gasteiger partial charge in [-0.15, -0.1) is 11.8 Å². The van der Waals surface area contributed by atoms with E-state index in [1.165, 1.54) is 6.07 Å². The zero-order chi connectivity index (χ0) is 24.1. The summed E-state index contributed by atoms with van der Waals surface area (Å²) < 4.78 is 19.5. The van der Waals surface area contributed by atoms with Gasteiger partial charge in [-0.25, -0.2) is 0 Å². The molecule has 4 rings (SSSR count). The smallest absolute Gasteiger partial charge is 0.308 e. The molecule has 5 nitrogen and oxygen atoms in total. The number of thiophene rings is 1. The lowest BCUT2D eigenvalue weighted by molar-refractivity contribution is -0.146. The van der Waals surface area contributed by atoms with Crippen molar-refractivity contribution in [3.8, 4) is 5.75 Å². The average molecular weight is 523 g/mol. The fourth-order valence-electron chi connectivity index (χ4n) is 4.67. The minimum absolute atomic E-state index is 0.147. The quantitative estimate of drug-likeness (QED) is 0.318. The molecule has 3 heterocycles. The molecule has 0 bridgehead atoms. The Morgan fingerprint density at radius 2 is 2.24 bits per heavy atom. The van der Waals surface area contributed by atoms with E-state index < -0.39 is 5.97 Å². The van der Waals surface area contributed by atoms with E-state index in [9.17, 15) is 14.3 Å². The predicted molar refractivity (Wildman–Crippen MR) is 137 cm³/mol. The first-order valence-corrected chi connectivity index (χ1v) is 13.6. The van der Waals surface area contributed by atoms with Gasteiger partial charge in [0.2, 0.25) is 0 Å². The molecule has 0 aliphatic carbocycles. The van der Waals surface area contributed by atoms with E-state index in [1.54, 1.807) is 31.1 Å². The lowest BCUT2D eigenvalue weighted by Gasteiger charge is -2.36. The van der Waals surface area contributed by atoms with E-state index in [4.69, 9.17) is 16.3 Å². The molecule has 0 spiro atoms. The van der Waals surface area contributed by atoms with Crippen LogP contribution in [-0.2, 0) is 11.2 Å². The van der Waals surface area contributed by atoms with Gasteiger partial charge < -0.3 is 14.7 Å². The molecule has 0 amide bonds. The molecule has 182 valence electrons. The van der Waals surface area contributed by atoms with E-state index in [1.807, 2.05) is 18.2 Å². The molecule has 34 heavy (non-hydrogen) atoms. The van der Waals surface area contributed by atoms with Gasteiger partial charge in [0.1, 0.15) is 5.75 Å². The molecule has 1 aliphatic rings. The van der Waals surface area contributed by atoms with Crippen molar-refractivity contribution in [2.75, 3.05) is 32.5 Å². The van der Waals surface area contributed by atoms with Crippen LogP contribution in [0.5, 0.6) is 5.75 Å². The van der Waals surface area contributed by atoms with Gasteiger partial charge in [-0.05, 0) is 74.0 Å². The number of methoxy groups -OCH3 is 1. The van der Waals surface area contributed by atoms with Gasteiger partial charge >= 0.3 is 5.97 Å². The Morgan fingerprint density at radius 1 is 1.38 bits per heavy atom. The Bertz CT molecular complexity index is 1140. The minimum atomic E-state index is -0.722. The molecular weight excluding hydrogens is 495 g/mol. The van der Waals surface area contributed by atoms with Crippen LogP contribution in [0.1, 0.15) is 24.8 Å². The van der Waals surface area contributed by atoms with Gasteiger partial charge in [0.05, 0.1) is 27.8 Å². The molecule has 3 aromatic rings. The van der Waals surface area contributed by atoms with E-state index in [0.717, 1.165) is 82.3 Å². The highest BCUT2D eigenvalue weighted by Crippen LogP contribution is 2.33. The van der Waals surface area contributed by atoms with Gasteiger partial charge in [-0.1, -0.05) is 22.9 Å². The van der Waals surface area contributed by atoms with E-state index in [2.05, 4.69) is 9.88 Å². The Kier molecular flexibility index (Phi) is 8.69. The summed E-state index contributed by atoms with van der Waals surface area (Å²) >= 11 is 9.27. The third-order valence-corrected chi connectivity index (χ3v) is 8.90. The number of halogens is 2. The van der Waals surface area contributed by atoms with Gasteiger partial charge in [0, 0.05) is 30.4 Å². The van der Waals surface area contributed by atoms with Crippen molar-refractivity contribution in [2.24, 2.45) is 11.8 Å². The number of piperidine rings is 1. The lowest BCUT2D eigenvalue weighted by Crippen LogP contribution is -2.44. The van der Waals surface area contributed by atoms with Crippen LogP contribution in [-0.4, -0.2) is 53.5 Å². The fraction of sp³-hybridized carbons (Fsp3) is 0.440. The van der Waals surface area contributed by atoms with E-state index >= 15 is 0 Å².